The van der Waals surface area contributed by atoms with Gasteiger partial charge in [-0.1, -0.05) is 40.5 Å². The van der Waals surface area contributed by atoms with Gasteiger partial charge in [0.2, 0.25) is 0 Å². The van der Waals surface area contributed by atoms with E-state index >= 15 is 0 Å². The zero-order valence-corrected chi connectivity index (χ0v) is 13.1. The summed E-state index contributed by atoms with van der Waals surface area (Å²) in [4.78, 5) is 10.9. The molecular weight excluding hydrogens is 308 g/mol. The Morgan fingerprint density at radius 1 is 1.32 bits per heavy atom. The summed E-state index contributed by atoms with van der Waals surface area (Å²) in [6, 6.07) is 7.98. The van der Waals surface area contributed by atoms with Crippen molar-refractivity contribution >= 4 is 21.9 Å². The van der Waals surface area contributed by atoms with Gasteiger partial charge in [0.15, 0.2) is 0 Å². The van der Waals surface area contributed by atoms with Crippen LogP contribution in [0.5, 0.6) is 0 Å². The Labute approximate surface area is 123 Å². The first-order chi connectivity index (χ1) is 8.93. The molecule has 0 bridgehead atoms. The van der Waals surface area contributed by atoms with Gasteiger partial charge in [0, 0.05) is 11.1 Å². The monoisotopic (exact) mass is 328 g/mol. The molecule has 0 saturated carbocycles. The molecule has 0 unspecified atom stereocenters. The summed E-state index contributed by atoms with van der Waals surface area (Å²) in [5.41, 5.74) is 0.496. The summed E-state index contributed by atoms with van der Waals surface area (Å²) >= 11 is 3.48. The molecule has 0 saturated heterocycles. The molecular formula is C15H21BrO3. The largest absolute Gasteiger partial charge is 0.481 e. The Morgan fingerprint density at radius 3 is 2.63 bits per heavy atom. The van der Waals surface area contributed by atoms with E-state index in [0.29, 0.717) is 19.6 Å². The average Bonchev–Trinajstić information content (AvgIpc) is 2.35. The van der Waals surface area contributed by atoms with E-state index in [0.717, 1.165) is 22.9 Å². The fourth-order valence-corrected chi connectivity index (χ4v) is 2.07. The normalized spacial score (nSPS) is 11.5. The number of unbranched alkanes of at least 4 members (excludes halogenated alkanes) is 1. The van der Waals surface area contributed by atoms with Crippen molar-refractivity contribution in [1.29, 1.82) is 0 Å². The van der Waals surface area contributed by atoms with E-state index in [1.165, 1.54) is 0 Å². The lowest BCUT2D eigenvalue weighted by atomic mass is 9.87. The van der Waals surface area contributed by atoms with E-state index in [9.17, 15) is 4.79 Å². The summed E-state index contributed by atoms with van der Waals surface area (Å²) in [5.74, 6) is -0.735. The van der Waals surface area contributed by atoms with Crippen LogP contribution in [0.1, 0.15) is 38.7 Å². The fraction of sp³-hybridized carbons (Fsp3) is 0.533. The molecule has 1 aromatic rings. The highest BCUT2D eigenvalue weighted by atomic mass is 79.9. The van der Waals surface area contributed by atoms with Crippen LogP contribution in [0.4, 0.5) is 0 Å². The Kier molecular flexibility index (Phi) is 6.52. The van der Waals surface area contributed by atoms with Crippen LogP contribution >= 0.6 is 15.9 Å². The molecule has 4 heteroatoms. The second-order valence-corrected chi connectivity index (χ2v) is 6.14. The maximum atomic E-state index is 10.9. The number of benzene rings is 1. The van der Waals surface area contributed by atoms with Crippen LogP contribution in [-0.2, 0) is 16.1 Å². The molecule has 1 aromatic carbocycles. The zero-order chi connectivity index (χ0) is 14.3. The van der Waals surface area contributed by atoms with Gasteiger partial charge in [-0.25, -0.2) is 0 Å². The lowest BCUT2D eigenvalue weighted by Gasteiger charge is -2.18. The molecule has 0 aliphatic rings. The zero-order valence-electron chi connectivity index (χ0n) is 11.5. The molecule has 0 atom stereocenters. The quantitative estimate of drug-likeness (QED) is 0.726. The first-order valence-corrected chi connectivity index (χ1v) is 7.27. The molecule has 19 heavy (non-hydrogen) atoms. The third kappa shape index (κ3) is 5.74. The standard InChI is InChI=1S/C15H21BrO3/c1-15(2,14(17)18)9-5-6-10-19-11-12-7-3-4-8-13(12)16/h3-4,7-8H,5-6,9-11H2,1-2H3,(H,17,18). The van der Waals surface area contributed by atoms with Gasteiger partial charge in [-0.15, -0.1) is 0 Å². The Bertz CT molecular complexity index is 416. The van der Waals surface area contributed by atoms with Crippen molar-refractivity contribution in [3.8, 4) is 0 Å². The molecule has 0 radical (unpaired) electrons. The smallest absolute Gasteiger partial charge is 0.309 e. The highest BCUT2D eigenvalue weighted by Crippen LogP contribution is 2.23. The molecule has 0 aliphatic carbocycles. The van der Waals surface area contributed by atoms with Crippen molar-refractivity contribution in [3.05, 3.63) is 34.3 Å². The number of rotatable bonds is 8. The highest BCUT2D eigenvalue weighted by Gasteiger charge is 2.25. The Balaban J connectivity index is 2.16. The molecule has 1 rings (SSSR count). The van der Waals surface area contributed by atoms with Crippen molar-refractivity contribution < 1.29 is 14.6 Å². The third-order valence-electron chi connectivity index (χ3n) is 3.13. The van der Waals surface area contributed by atoms with Crippen LogP contribution in [0, 0.1) is 5.41 Å². The Hall–Kier alpha value is -0.870. The number of ether oxygens (including phenoxy) is 1. The number of hydrogen-bond donors (Lipinski definition) is 1. The van der Waals surface area contributed by atoms with E-state index in [1.54, 1.807) is 13.8 Å². The van der Waals surface area contributed by atoms with Gasteiger partial charge in [0.25, 0.3) is 0 Å². The number of carbonyl (C=O) groups is 1. The average molecular weight is 329 g/mol. The predicted octanol–water partition coefficient (Wildman–Crippen LogP) is 4.25. The van der Waals surface area contributed by atoms with Crippen molar-refractivity contribution in [2.45, 2.75) is 39.7 Å². The number of carboxylic acids is 1. The molecule has 0 amide bonds. The van der Waals surface area contributed by atoms with Gasteiger partial charge >= 0.3 is 5.97 Å². The second kappa shape index (κ2) is 7.65. The first kappa shape index (κ1) is 16.2. The van der Waals surface area contributed by atoms with Gasteiger partial charge < -0.3 is 9.84 Å². The summed E-state index contributed by atoms with van der Waals surface area (Å²) in [5, 5.41) is 8.99. The van der Waals surface area contributed by atoms with Gasteiger partial charge in [-0.2, -0.15) is 0 Å². The van der Waals surface area contributed by atoms with Crippen LogP contribution in [0.15, 0.2) is 28.7 Å². The molecule has 0 spiro atoms. The maximum absolute atomic E-state index is 10.9. The fourth-order valence-electron chi connectivity index (χ4n) is 1.68. The number of hydrogen-bond acceptors (Lipinski definition) is 2. The van der Waals surface area contributed by atoms with E-state index in [-0.39, 0.29) is 0 Å². The van der Waals surface area contributed by atoms with Crippen LogP contribution in [0.3, 0.4) is 0 Å². The second-order valence-electron chi connectivity index (χ2n) is 5.29. The van der Waals surface area contributed by atoms with Gasteiger partial charge in [-0.05, 0) is 38.3 Å². The molecule has 0 aliphatic heterocycles. The Morgan fingerprint density at radius 2 is 2.00 bits per heavy atom. The molecule has 0 aromatic heterocycles. The third-order valence-corrected chi connectivity index (χ3v) is 3.91. The van der Waals surface area contributed by atoms with Crippen molar-refractivity contribution in [2.24, 2.45) is 5.41 Å². The minimum atomic E-state index is -0.735. The van der Waals surface area contributed by atoms with Crippen molar-refractivity contribution in [1.82, 2.24) is 0 Å². The van der Waals surface area contributed by atoms with Gasteiger partial charge in [0.1, 0.15) is 0 Å². The van der Waals surface area contributed by atoms with Crippen molar-refractivity contribution in [3.63, 3.8) is 0 Å². The topological polar surface area (TPSA) is 46.5 Å². The van der Waals surface area contributed by atoms with E-state index in [1.807, 2.05) is 24.3 Å². The molecule has 1 N–H and O–H groups in total. The van der Waals surface area contributed by atoms with Crippen LogP contribution < -0.4 is 0 Å². The van der Waals surface area contributed by atoms with E-state index in [2.05, 4.69) is 15.9 Å². The van der Waals surface area contributed by atoms with Crippen LogP contribution in [0.25, 0.3) is 0 Å². The number of aliphatic carboxylic acids is 1. The van der Waals surface area contributed by atoms with Gasteiger partial charge in [0.05, 0.1) is 12.0 Å². The molecule has 106 valence electrons. The summed E-state index contributed by atoms with van der Waals surface area (Å²) in [7, 11) is 0. The van der Waals surface area contributed by atoms with Gasteiger partial charge in [-0.3, -0.25) is 4.79 Å². The lowest BCUT2D eigenvalue weighted by molar-refractivity contribution is -0.147. The predicted molar refractivity (Wildman–Crippen MR) is 79.1 cm³/mol. The number of halogens is 1. The highest BCUT2D eigenvalue weighted by molar-refractivity contribution is 9.10. The summed E-state index contributed by atoms with van der Waals surface area (Å²) in [6.45, 7) is 4.77. The van der Waals surface area contributed by atoms with Crippen LogP contribution in [0.2, 0.25) is 0 Å². The molecule has 0 heterocycles. The summed E-state index contributed by atoms with van der Waals surface area (Å²) < 4.78 is 6.66. The van der Waals surface area contributed by atoms with E-state index in [4.69, 9.17) is 9.84 Å². The number of carboxylic acid groups (broad SMARTS) is 1. The first-order valence-electron chi connectivity index (χ1n) is 6.48. The maximum Gasteiger partial charge on any atom is 0.309 e. The molecule has 3 nitrogen and oxygen atoms in total. The van der Waals surface area contributed by atoms with E-state index < -0.39 is 11.4 Å². The minimum Gasteiger partial charge on any atom is -0.481 e. The minimum absolute atomic E-state index is 0.587. The molecule has 0 fully saturated rings. The SMILES string of the molecule is CC(C)(CCCCOCc1ccccc1Br)C(=O)O. The van der Waals surface area contributed by atoms with Crippen LogP contribution in [-0.4, -0.2) is 17.7 Å². The lowest BCUT2D eigenvalue weighted by Crippen LogP contribution is -2.23. The summed E-state index contributed by atoms with van der Waals surface area (Å²) in [6.07, 6.45) is 2.44. The van der Waals surface area contributed by atoms with Crippen molar-refractivity contribution in [2.75, 3.05) is 6.61 Å².